The zero-order valence-electron chi connectivity index (χ0n) is 22.8. The number of benzene rings is 1. The van der Waals surface area contributed by atoms with Crippen LogP contribution in [0.4, 0.5) is 0 Å². The molecule has 37 heavy (non-hydrogen) atoms. The number of carbonyl (C=O) groups is 1. The number of amides is 1. The summed E-state index contributed by atoms with van der Waals surface area (Å²) in [7, 11) is -0.169. The van der Waals surface area contributed by atoms with Crippen molar-refractivity contribution in [1.82, 2.24) is 14.9 Å². The van der Waals surface area contributed by atoms with Crippen LogP contribution in [0.2, 0.25) is 0 Å². The molecule has 1 amide bonds. The maximum absolute atomic E-state index is 13.6. The molecule has 0 radical (unpaired) electrons. The highest BCUT2D eigenvalue weighted by molar-refractivity contribution is 7.89. The summed E-state index contributed by atoms with van der Waals surface area (Å²) in [5, 5.41) is 3.32. The number of sulfonamides is 1. The summed E-state index contributed by atoms with van der Waals surface area (Å²) < 4.78 is 45.2. The number of carbonyl (C=O) groups excluding carboxylic acids is 1. The number of hydrogen-bond acceptors (Lipinski definition) is 7. The van der Waals surface area contributed by atoms with Crippen molar-refractivity contribution >= 4 is 15.9 Å². The second-order valence-corrected chi connectivity index (χ2v) is 12.3. The normalized spacial score (nSPS) is 20.8. The lowest BCUT2D eigenvalue weighted by atomic mass is 9.91. The third-order valence-electron chi connectivity index (χ3n) is 7.33. The van der Waals surface area contributed by atoms with Crippen LogP contribution in [-0.4, -0.2) is 84.1 Å². The van der Waals surface area contributed by atoms with Crippen LogP contribution in [0, 0.1) is 11.8 Å². The van der Waals surface area contributed by atoms with Crippen molar-refractivity contribution in [2.45, 2.75) is 64.5 Å². The number of methoxy groups -OCH3 is 2. The first-order valence-corrected chi connectivity index (χ1v) is 15.2. The van der Waals surface area contributed by atoms with Crippen LogP contribution < -0.4 is 19.5 Å². The van der Waals surface area contributed by atoms with Gasteiger partial charge in [-0.25, -0.2) is 13.1 Å². The molecule has 1 aliphatic heterocycles. The Morgan fingerprint density at radius 3 is 2.54 bits per heavy atom. The summed E-state index contributed by atoms with van der Waals surface area (Å²) in [5.41, 5.74) is 0.511. The summed E-state index contributed by atoms with van der Waals surface area (Å²) in [6.07, 6.45) is 6.14. The van der Waals surface area contributed by atoms with Crippen LogP contribution in [0.5, 0.6) is 11.5 Å². The van der Waals surface area contributed by atoms with Crippen LogP contribution >= 0.6 is 0 Å². The van der Waals surface area contributed by atoms with Crippen LogP contribution in [0.25, 0.3) is 0 Å². The SMILES string of the molecule is COCCCOc1cc(C(=O)N(C[C@@H]2CNCC2NS(=O)(=O)CC2CCCCC2)C(C)C)ccc1OC. The van der Waals surface area contributed by atoms with E-state index in [-0.39, 0.29) is 35.6 Å². The van der Waals surface area contributed by atoms with Crippen molar-refractivity contribution in [2.75, 3.05) is 52.8 Å². The fourth-order valence-corrected chi connectivity index (χ4v) is 7.05. The Morgan fingerprint density at radius 1 is 1.11 bits per heavy atom. The van der Waals surface area contributed by atoms with E-state index in [1.807, 2.05) is 18.7 Å². The van der Waals surface area contributed by atoms with Gasteiger partial charge in [-0.05, 0) is 50.8 Å². The molecule has 1 saturated heterocycles. The molecule has 10 heteroatoms. The highest BCUT2D eigenvalue weighted by Crippen LogP contribution is 2.30. The second kappa shape index (κ2) is 14.3. The molecule has 1 heterocycles. The van der Waals surface area contributed by atoms with Gasteiger partial charge in [0.15, 0.2) is 11.5 Å². The topological polar surface area (TPSA) is 106 Å². The fraction of sp³-hybridized carbons (Fsp3) is 0.741. The molecule has 3 rings (SSSR count). The first kappa shape index (κ1) is 29.7. The lowest BCUT2D eigenvalue weighted by Gasteiger charge is -2.32. The third-order valence-corrected chi connectivity index (χ3v) is 8.90. The van der Waals surface area contributed by atoms with E-state index in [1.54, 1.807) is 32.4 Å². The van der Waals surface area contributed by atoms with Crippen molar-refractivity contribution in [1.29, 1.82) is 0 Å². The van der Waals surface area contributed by atoms with E-state index >= 15 is 0 Å². The molecule has 1 saturated carbocycles. The van der Waals surface area contributed by atoms with E-state index in [9.17, 15) is 13.2 Å². The predicted octanol–water partition coefficient (Wildman–Crippen LogP) is 3.05. The van der Waals surface area contributed by atoms with E-state index < -0.39 is 10.0 Å². The van der Waals surface area contributed by atoms with Crippen LogP contribution in [0.1, 0.15) is 62.7 Å². The standard InChI is InChI=1S/C27H45N3O6S/c1-20(2)30(27(31)22-11-12-25(35-4)26(15-22)36-14-8-13-34-3)18-23-16-28-17-24(23)29-37(32,33)19-21-9-6-5-7-10-21/h11-12,15,20-21,23-24,28-29H,5-10,13-14,16-19H2,1-4H3/t23-,24?/m0/s1. The lowest BCUT2D eigenvalue weighted by Crippen LogP contribution is -2.48. The number of rotatable bonds is 14. The van der Waals surface area contributed by atoms with Gasteiger partial charge in [-0.3, -0.25) is 4.79 Å². The summed E-state index contributed by atoms with van der Waals surface area (Å²) in [5.74, 6) is 1.39. The van der Waals surface area contributed by atoms with E-state index in [4.69, 9.17) is 14.2 Å². The zero-order chi connectivity index (χ0) is 26.8. The summed E-state index contributed by atoms with van der Waals surface area (Å²) in [4.78, 5) is 15.4. The summed E-state index contributed by atoms with van der Waals surface area (Å²) >= 11 is 0. The largest absolute Gasteiger partial charge is 0.493 e. The molecule has 2 atom stereocenters. The summed E-state index contributed by atoms with van der Waals surface area (Å²) in [6, 6.07) is 4.92. The molecule has 2 fully saturated rings. The van der Waals surface area contributed by atoms with Crippen LogP contribution in [0.15, 0.2) is 18.2 Å². The minimum absolute atomic E-state index is 0.0181. The molecule has 9 nitrogen and oxygen atoms in total. The molecule has 1 unspecified atom stereocenters. The van der Waals surface area contributed by atoms with Gasteiger partial charge in [0.25, 0.3) is 5.91 Å². The Hall–Kier alpha value is -1.88. The van der Waals surface area contributed by atoms with Crippen molar-refractivity contribution in [3.63, 3.8) is 0 Å². The van der Waals surface area contributed by atoms with Gasteiger partial charge in [-0.2, -0.15) is 0 Å². The highest BCUT2D eigenvalue weighted by Gasteiger charge is 2.35. The molecule has 210 valence electrons. The van der Waals surface area contributed by atoms with Gasteiger partial charge in [-0.1, -0.05) is 19.3 Å². The Kier molecular flexibility index (Phi) is 11.5. The highest BCUT2D eigenvalue weighted by atomic mass is 32.2. The minimum Gasteiger partial charge on any atom is -0.493 e. The van der Waals surface area contributed by atoms with Gasteiger partial charge < -0.3 is 24.4 Å². The van der Waals surface area contributed by atoms with Crippen molar-refractivity contribution in [3.8, 4) is 11.5 Å². The van der Waals surface area contributed by atoms with Gasteiger partial charge in [0.2, 0.25) is 10.0 Å². The van der Waals surface area contributed by atoms with Gasteiger partial charge in [0.1, 0.15) is 0 Å². The number of nitrogens with one attached hydrogen (secondary N) is 2. The molecule has 0 bridgehead atoms. The first-order valence-electron chi connectivity index (χ1n) is 13.6. The van der Waals surface area contributed by atoms with Crippen molar-refractivity contribution in [2.24, 2.45) is 11.8 Å². The average molecular weight is 540 g/mol. The quantitative estimate of drug-likeness (QED) is 0.350. The molecule has 2 N–H and O–H groups in total. The van der Waals surface area contributed by atoms with E-state index in [2.05, 4.69) is 10.0 Å². The molecule has 2 aliphatic rings. The summed E-state index contributed by atoms with van der Waals surface area (Å²) in [6.45, 7) is 6.67. The Balaban J connectivity index is 1.67. The second-order valence-electron chi connectivity index (χ2n) is 10.5. The van der Waals surface area contributed by atoms with Gasteiger partial charge >= 0.3 is 0 Å². The molecular weight excluding hydrogens is 494 g/mol. The number of hydrogen-bond donors (Lipinski definition) is 2. The Morgan fingerprint density at radius 2 is 1.86 bits per heavy atom. The van der Waals surface area contributed by atoms with Gasteiger partial charge in [0, 0.05) is 63.3 Å². The molecule has 1 aliphatic carbocycles. The monoisotopic (exact) mass is 539 g/mol. The number of nitrogens with zero attached hydrogens (tertiary/aromatic N) is 1. The smallest absolute Gasteiger partial charge is 0.254 e. The van der Waals surface area contributed by atoms with Gasteiger partial charge in [0.05, 0.1) is 19.5 Å². The third kappa shape index (κ3) is 8.84. The first-order chi connectivity index (χ1) is 17.7. The maximum atomic E-state index is 13.6. The average Bonchev–Trinajstić information content (AvgIpc) is 3.30. The fourth-order valence-electron chi connectivity index (χ4n) is 5.26. The number of ether oxygens (including phenoxy) is 3. The Bertz CT molecular complexity index is 965. The molecule has 0 aromatic heterocycles. The predicted molar refractivity (Wildman–Crippen MR) is 145 cm³/mol. The maximum Gasteiger partial charge on any atom is 0.254 e. The molecular formula is C27H45N3O6S. The minimum atomic E-state index is -3.39. The lowest BCUT2D eigenvalue weighted by molar-refractivity contribution is 0.0671. The van der Waals surface area contributed by atoms with E-state index in [1.165, 1.54) is 6.42 Å². The molecule has 0 spiro atoms. The van der Waals surface area contributed by atoms with Gasteiger partial charge in [-0.15, -0.1) is 0 Å². The van der Waals surface area contributed by atoms with Crippen LogP contribution in [0.3, 0.4) is 0 Å². The van der Waals surface area contributed by atoms with Crippen molar-refractivity contribution < 1.29 is 27.4 Å². The molecule has 1 aromatic rings. The van der Waals surface area contributed by atoms with E-state index in [0.717, 1.165) is 32.1 Å². The molecule has 1 aromatic carbocycles. The zero-order valence-corrected chi connectivity index (χ0v) is 23.6. The van der Waals surface area contributed by atoms with E-state index in [0.29, 0.717) is 49.9 Å². The van der Waals surface area contributed by atoms with Crippen molar-refractivity contribution in [3.05, 3.63) is 23.8 Å². The Labute approximate surface area is 222 Å². The van der Waals surface area contributed by atoms with Crippen LogP contribution in [-0.2, 0) is 14.8 Å².